The third-order valence-electron chi connectivity index (χ3n) is 2.85. The Balaban J connectivity index is 2.47. The molecule has 0 radical (unpaired) electrons. The van der Waals surface area contributed by atoms with Crippen LogP contribution in [0.2, 0.25) is 0 Å². The van der Waals surface area contributed by atoms with Crippen LogP contribution in [0.1, 0.15) is 13.8 Å². The van der Waals surface area contributed by atoms with Crippen LogP contribution < -0.4 is 10.6 Å². The molecule has 0 bridgehead atoms. The van der Waals surface area contributed by atoms with E-state index < -0.39 is 43.2 Å². The van der Waals surface area contributed by atoms with Gasteiger partial charge in [0.15, 0.2) is 6.61 Å². The Morgan fingerprint density at radius 1 is 1.17 bits per heavy atom. The lowest BCUT2D eigenvalue weighted by atomic mass is 10.0. The van der Waals surface area contributed by atoms with Crippen molar-refractivity contribution in [2.75, 3.05) is 18.5 Å². The van der Waals surface area contributed by atoms with Crippen molar-refractivity contribution in [1.82, 2.24) is 5.32 Å². The van der Waals surface area contributed by atoms with E-state index in [-0.39, 0.29) is 0 Å². The number of anilines is 1. The van der Waals surface area contributed by atoms with E-state index in [2.05, 4.69) is 10.6 Å². The van der Waals surface area contributed by atoms with Crippen LogP contribution in [-0.2, 0) is 14.3 Å². The highest BCUT2D eigenvalue weighted by Gasteiger charge is 2.32. The van der Waals surface area contributed by atoms with Gasteiger partial charge in [-0.2, -0.15) is 13.2 Å². The maximum absolute atomic E-state index is 12.2. The lowest BCUT2D eigenvalue weighted by molar-refractivity contribution is -0.153. The largest absolute Gasteiger partial charge is 0.454 e. The number of ether oxygens (including phenoxy) is 1. The van der Waals surface area contributed by atoms with Crippen LogP contribution in [-0.4, -0.2) is 37.2 Å². The summed E-state index contributed by atoms with van der Waals surface area (Å²) in [6.07, 6.45) is -4.43. The van der Waals surface area contributed by atoms with Gasteiger partial charge in [-0.1, -0.05) is 32.0 Å². The molecule has 1 amide bonds. The summed E-state index contributed by atoms with van der Waals surface area (Å²) in [4.78, 5) is 23.5. The van der Waals surface area contributed by atoms with Crippen LogP contribution >= 0.6 is 0 Å². The zero-order valence-electron chi connectivity index (χ0n) is 12.8. The van der Waals surface area contributed by atoms with Crippen molar-refractivity contribution in [3.8, 4) is 0 Å². The van der Waals surface area contributed by atoms with Gasteiger partial charge in [0.25, 0.3) is 5.91 Å². The Morgan fingerprint density at radius 3 is 2.30 bits per heavy atom. The molecule has 0 aromatic heterocycles. The average molecular weight is 332 g/mol. The van der Waals surface area contributed by atoms with Gasteiger partial charge in [0.1, 0.15) is 6.04 Å². The number of rotatable bonds is 7. The van der Waals surface area contributed by atoms with Gasteiger partial charge in [-0.25, -0.2) is 0 Å². The summed E-state index contributed by atoms with van der Waals surface area (Å²) in [5.41, 5.74) is 0.532. The predicted octanol–water partition coefficient (Wildman–Crippen LogP) is 2.34. The number of esters is 1. The van der Waals surface area contributed by atoms with Crippen LogP contribution in [0.25, 0.3) is 0 Å². The number of nitrogens with one attached hydrogen (secondary N) is 2. The smallest absolute Gasteiger partial charge is 0.401 e. The summed E-state index contributed by atoms with van der Waals surface area (Å²) in [6, 6.07) is 7.38. The quantitative estimate of drug-likeness (QED) is 0.752. The van der Waals surface area contributed by atoms with Crippen LogP contribution in [0, 0.1) is 5.92 Å². The van der Waals surface area contributed by atoms with Gasteiger partial charge in [0.2, 0.25) is 0 Å². The summed E-state index contributed by atoms with van der Waals surface area (Å²) in [5.74, 6) is -1.88. The molecule has 0 aliphatic heterocycles. The molecule has 1 atom stereocenters. The third-order valence-corrected chi connectivity index (χ3v) is 2.85. The number of carbonyl (C=O) groups excluding carboxylic acids is 2. The van der Waals surface area contributed by atoms with E-state index in [0.29, 0.717) is 5.69 Å². The number of amides is 1. The molecule has 5 nitrogen and oxygen atoms in total. The highest BCUT2D eigenvalue weighted by Crippen LogP contribution is 2.14. The Morgan fingerprint density at radius 2 is 1.78 bits per heavy atom. The van der Waals surface area contributed by atoms with E-state index in [1.54, 1.807) is 44.2 Å². The fourth-order valence-electron chi connectivity index (χ4n) is 1.76. The Bertz CT molecular complexity index is 518. The topological polar surface area (TPSA) is 67.4 Å². The fourth-order valence-corrected chi connectivity index (χ4v) is 1.76. The molecule has 128 valence electrons. The third kappa shape index (κ3) is 7.64. The van der Waals surface area contributed by atoms with Crippen molar-refractivity contribution in [2.24, 2.45) is 5.92 Å². The molecule has 1 unspecified atom stereocenters. The lowest BCUT2D eigenvalue weighted by Crippen LogP contribution is -2.46. The molecule has 0 heterocycles. The molecule has 8 heteroatoms. The summed E-state index contributed by atoms with van der Waals surface area (Å²) < 4.78 is 41.4. The molecule has 2 N–H and O–H groups in total. The Hall–Kier alpha value is -2.09. The number of alkyl halides is 3. The molecule has 23 heavy (non-hydrogen) atoms. The summed E-state index contributed by atoms with van der Waals surface area (Å²) >= 11 is 0. The van der Waals surface area contributed by atoms with Crippen molar-refractivity contribution in [3.63, 3.8) is 0 Å². The second-order valence-corrected chi connectivity index (χ2v) is 5.24. The standard InChI is InChI=1S/C15H19F3N2O3/c1-10(2)13(19-9-15(16,17)18)14(22)23-8-12(21)20-11-6-4-3-5-7-11/h3-7,10,13,19H,8-9H2,1-2H3,(H,20,21). The first kappa shape index (κ1) is 19.0. The van der Waals surface area contributed by atoms with E-state index in [0.717, 1.165) is 0 Å². The summed E-state index contributed by atoms with van der Waals surface area (Å²) in [7, 11) is 0. The SMILES string of the molecule is CC(C)C(NCC(F)(F)F)C(=O)OCC(=O)Nc1ccccc1. The maximum atomic E-state index is 12.2. The van der Waals surface area contributed by atoms with Gasteiger partial charge in [0, 0.05) is 5.69 Å². The lowest BCUT2D eigenvalue weighted by Gasteiger charge is -2.21. The number of benzene rings is 1. The average Bonchev–Trinajstić information content (AvgIpc) is 2.44. The molecule has 0 aliphatic rings. The van der Waals surface area contributed by atoms with Crippen molar-refractivity contribution in [2.45, 2.75) is 26.1 Å². The van der Waals surface area contributed by atoms with E-state index in [4.69, 9.17) is 4.74 Å². The van der Waals surface area contributed by atoms with Crippen LogP contribution in [0.4, 0.5) is 18.9 Å². The van der Waals surface area contributed by atoms with E-state index >= 15 is 0 Å². The number of para-hydroxylation sites is 1. The molecular formula is C15H19F3N2O3. The zero-order chi connectivity index (χ0) is 17.5. The minimum absolute atomic E-state index is 0.415. The van der Waals surface area contributed by atoms with Crippen molar-refractivity contribution >= 4 is 17.6 Å². The molecule has 0 saturated carbocycles. The minimum Gasteiger partial charge on any atom is -0.454 e. The number of hydrogen-bond donors (Lipinski definition) is 2. The minimum atomic E-state index is -4.43. The van der Waals surface area contributed by atoms with Crippen molar-refractivity contribution < 1.29 is 27.5 Å². The van der Waals surface area contributed by atoms with Gasteiger partial charge in [-0.15, -0.1) is 0 Å². The molecule has 0 aliphatic carbocycles. The number of hydrogen-bond acceptors (Lipinski definition) is 4. The molecule has 0 spiro atoms. The molecular weight excluding hydrogens is 313 g/mol. The van der Waals surface area contributed by atoms with Crippen LogP contribution in [0.3, 0.4) is 0 Å². The molecule has 1 aromatic carbocycles. The van der Waals surface area contributed by atoms with E-state index in [1.807, 2.05) is 0 Å². The predicted molar refractivity (Wildman–Crippen MR) is 78.7 cm³/mol. The van der Waals surface area contributed by atoms with Gasteiger partial charge < -0.3 is 10.1 Å². The van der Waals surface area contributed by atoms with E-state index in [9.17, 15) is 22.8 Å². The highest BCUT2D eigenvalue weighted by atomic mass is 19.4. The first-order valence-electron chi connectivity index (χ1n) is 7.00. The molecule has 1 aromatic rings. The van der Waals surface area contributed by atoms with Crippen LogP contribution in [0.15, 0.2) is 30.3 Å². The Labute approximate surface area is 132 Å². The van der Waals surface area contributed by atoms with Crippen LogP contribution in [0.5, 0.6) is 0 Å². The van der Waals surface area contributed by atoms with Crippen molar-refractivity contribution in [3.05, 3.63) is 30.3 Å². The van der Waals surface area contributed by atoms with E-state index in [1.165, 1.54) is 0 Å². The zero-order valence-corrected chi connectivity index (χ0v) is 12.8. The van der Waals surface area contributed by atoms with Crippen molar-refractivity contribution in [1.29, 1.82) is 0 Å². The monoisotopic (exact) mass is 332 g/mol. The van der Waals surface area contributed by atoms with Gasteiger partial charge in [-0.3, -0.25) is 14.9 Å². The highest BCUT2D eigenvalue weighted by molar-refractivity contribution is 5.93. The molecule has 0 saturated heterocycles. The first-order chi connectivity index (χ1) is 10.7. The first-order valence-corrected chi connectivity index (χ1v) is 7.00. The number of carbonyl (C=O) groups is 2. The van der Waals surface area contributed by atoms with Gasteiger partial charge in [0.05, 0.1) is 6.54 Å². The fraction of sp³-hybridized carbons (Fsp3) is 0.467. The summed E-state index contributed by atoms with van der Waals surface area (Å²) in [6.45, 7) is 1.30. The second-order valence-electron chi connectivity index (χ2n) is 5.24. The maximum Gasteiger partial charge on any atom is 0.401 e. The molecule has 0 fully saturated rings. The second kappa shape index (κ2) is 8.52. The molecule has 1 rings (SSSR count). The number of halogens is 3. The van der Waals surface area contributed by atoms with Gasteiger partial charge >= 0.3 is 12.1 Å². The normalized spacial score (nSPS) is 12.8. The van der Waals surface area contributed by atoms with Gasteiger partial charge in [-0.05, 0) is 18.1 Å². The Kier molecular flexibility index (Phi) is 7.02. The summed E-state index contributed by atoms with van der Waals surface area (Å²) in [5, 5.41) is 4.61.